The van der Waals surface area contributed by atoms with E-state index in [-0.39, 0.29) is 5.91 Å². The number of nitrogens with one attached hydrogen (secondary N) is 1. The van der Waals surface area contributed by atoms with Gasteiger partial charge in [-0.15, -0.1) is 11.8 Å². The summed E-state index contributed by atoms with van der Waals surface area (Å²) in [5.41, 5.74) is 2.00. The second-order valence-electron chi connectivity index (χ2n) is 6.21. The number of hydrogen-bond acceptors (Lipinski definition) is 4. The first-order valence-corrected chi connectivity index (χ1v) is 9.89. The van der Waals surface area contributed by atoms with Gasteiger partial charge in [-0.1, -0.05) is 48.5 Å². The van der Waals surface area contributed by atoms with Crippen molar-refractivity contribution in [2.24, 2.45) is 0 Å². The van der Waals surface area contributed by atoms with E-state index in [0.29, 0.717) is 23.9 Å². The van der Waals surface area contributed by atoms with E-state index in [9.17, 15) is 4.79 Å². The molecule has 0 saturated carbocycles. The number of hydrogen-bond donors (Lipinski definition) is 1. The van der Waals surface area contributed by atoms with Crippen molar-refractivity contribution in [3.63, 3.8) is 0 Å². The molecule has 0 fully saturated rings. The van der Waals surface area contributed by atoms with E-state index in [1.165, 1.54) is 0 Å². The van der Waals surface area contributed by atoms with Crippen LogP contribution in [0.5, 0.6) is 0 Å². The molecule has 2 aromatic carbocycles. The van der Waals surface area contributed by atoms with Crippen molar-refractivity contribution >= 4 is 23.5 Å². The molecule has 0 unspecified atom stereocenters. The van der Waals surface area contributed by atoms with E-state index in [4.69, 9.17) is 4.42 Å². The van der Waals surface area contributed by atoms with Gasteiger partial charge < -0.3 is 9.73 Å². The second kappa shape index (κ2) is 8.63. The molecule has 28 heavy (non-hydrogen) atoms. The Balaban J connectivity index is 1.39. The first kappa shape index (κ1) is 18.1. The zero-order valence-electron chi connectivity index (χ0n) is 15.1. The van der Waals surface area contributed by atoms with Gasteiger partial charge in [-0.3, -0.25) is 9.48 Å². The monoisotopic (exact) mass is 389 g/mol. The molecule has 0 aliphatic carbocycles. The minimum Gasteiger partial charge on any atom is -0.459 e. The van der Waals surface area contributed by atoms with Crippen LogP contribution in [0.1, 0.15) is 21.7 Å². The van der Waals surface area contributed by atoms with Gasteiger partial charge in [-0.2, -0.15) is 5.10 Å². The Labute approximate surface area is 167 Å². The van der Waals surface area contributed by atoms with Crippen molar-refractivity contribution in [1.82, 2.24) is 9.78 Å². The molecule has 0 radical (unpaired) electrons. The molecule has 0 aliphatic rings. The topological polar surface area (TPSA) is 60.1 Å². The van der Waals surface area contributed by atoms with Gasteiger partial charge >= 0.3 is 0 Å². The number of nitrogens with zero attached hydrogens (tertiary/aromatic N) is 2. The van der Waals surface area contributed by atoms with Crippen LogP contribution in [-0.2, 0) is 12.3 Å². The molecule has 2 aromatic heterocycles. The second-order valence-corrected chi connectivity index (χ2v) is 7.26. The molecule has 140 valence electrons. The minimum absolute atomic E-state index is 0.293. The maximum Gasteiger partial charge on any atom is 0.292 e. The van der Waals surface area contributed by atoms with Gasteiger partial charge in [0, 0.05) is 28.5 Å². The number of anilines is 1. The largest absolute Gasteiger partial charge is 0.459 e. The standard InChI is InChI=1S/C22H19N3O2S/c26-22(21-18(12-14-27-21)16-28-19-9-5-2-6-10-19)23-20-11-13-25(24-20)15-17-7-3-1-4-8-17/h1-14H,15-16H2,(H,23,24,26). The zero-order chi connectivity index (χ0) is 19.2. The van der Waals surface area contributed by atoms with Crippen LogP contribution in [0.15, 0.2) is 94.6 Å². The number of furan rings is 1. The molecule has 0 bridgehead atoms. The van der Waals surface area contributed by atoms with Gasteiger partial charge in [-0.25, -0.2) is 0 Å². The fraction of sp³-hybridized carbons (Fsp3) is 0.0909. The van der Waals surface area contributed by atoms with Crippen LogP contribution in [0, 0.1) is 0 Å². The van der Waals surface area contributed by atoms with Crippen LogP contribution in [-0.4, -0.2) is 15.7 Å². The third kappa shape index (κ3) is 4.53. The molecular weight excluding hydrogens is 370 g/mol. The molecule has 0 aliphatic heterocycles. The van der Waals surface area contributed by atoms with E-state index in [0.717, 1.165) is 16.0 Å². The van der Waals surface area contributed by atoms with Gasteiger partial charge in [0.25, 0.3) is 5.91 Å². The van der Waals surface area contributed by atoms with Crippen molar-refractivity contribution in [1.29, 1.82) is 0 Å². The Morgan fingerprint density at radius 1 is 1.00 bits per heavy atom. The maximum atomic E-state index is 12.6. The summed E-state index contributed by atoms with van der Waals surface area (Å²) in [4.78, 5) is 13.8. The SMILES string of the molecule is O=C(Nc1ccn(Cc2ccccc2)n1)c1occc1CSc1ccccc1. The van der Waals surface area contributed by atoms with Crippen molar-refractivity contribution in [2.75, 3.05) is 5.32 Å². The summed E-state index contributed by atoms with van der Waals surface area (Å²) in [5, 5.41) is 7.23. The molecule has 4 rings (SSSR count). The summed E-state index contributed by atoms with van der Waals surface area (Å²) in [6.07, 6.45) is 3.39. The van der Waals surface area contributed by atoms with Crippen molar-refractivity contribution in [3.8, 4) is 0 Å². The Kier molecular flexibility index (Phi) is 5.58. The number of carbonyl (C=O) groups excluding carboxylic acids is 1. The molecule has 6 heteroatoms. The first-order chi connectivity index (χ1) is 13.8. The van der Waals surface area contributed by atoms with Crippen LogP contribution < -0.4 is 5.32 Å². The number of benzene rings is 2. The molecule has 5 nitrogen and oxygen atoms in total. The van der Waals surface area contributed by atoms with Gasteiger partial charge in [0.05, 0.1) is 12.8 Å². The van der Waals surface area contributed by atoms with E-state index in [1.807, 2.05) is 72.9 Å². The fourth-order valence-corrected chi connectivity index (χ4v) is 3.69. The zero-order valence-corrected chi connectivity index (χ0v) is 15.9. The van der Waals surface area contributed by atoms with Crippen LogP contribution in [0.3, 0.4) is 0 Å². The average molecular weight is 389 g/mol. The predicted octanol–water partition coefficient (Wildman–Crippen LogP) is 5.07. The summed E-state index contributed by atoms with van der Waals surface area (Å²) in [7, 11) is 0. The molecule has 1 N–H and O–H groups in total. The molecule has 2 heterocycles. The molecule has 0 spiro atoms. The highest BCUT2D eigenvalue weighted by atomic mass is 32.2. The van der Waals surface area contributed by atoms with E-state index < -0.39 is 0 Å². The van der Waals surface area contributed by atoms with Gasteiger partial charge in [0.2, 0.25) is 0 Å². The highest BCUT2D eigenvalue weighted by molar-refractivity contribution is 7.98. The third-order valence-corrected chi connectivity index (χ3v) is 5.22. The summed E-state index contributed by atoms with van der Waals surface area (Å²) < 4.78 is 7.22. The van der Waals surface area contributed by atoms with Crippen LogP contribution in [0.4, 0.5) is 5.82 Å². The number of rotatable bonds is 7. The Hall–Kier alpha value is -3.25. The Morgan fingerprint density at radius 2 is 1.75 bits per heavy atom. The van der Waals surface area contributed by atoms with Crippen molar-refractivity contribution < 1.29 is 9.21 Å². The lowest BCUT2D eigenvalue weighted by atomic mass is 10.2. The molecule has 1 amide bonds. The Bertz CT molecular complexity index is 1040. The summed E-state index contributed by atoms with van der Waals surface area (Å²) in [5.74, 6) is 1.18. The highest BCUT2D eigenvalue weighted by Gasteiger charge is 2.17. The Morgan fingerprint density at radius 3 is 2.54 bits per heavy atom. The predicted molar refractivity (Wildman–Crippen MR) is 110 cm³/mol. The average Bonchev–Trinajstić information content (AvgIpc) is 3.37. The first-order valence-electron chi connectivity index (χ1n) is 8.91. The maximum absolute atomic E-state index is 12.6. The number of aromatic nitrogens is 2. The smallest absolute Gasteiger partial charge is 0.292 e. The van der Waals surface area contributed by atoms with E-state index in [1.54, 1.807) is 28.8 Å². The molecule has 0 saturated heterocycles. The van der Waals surface area contributed by atoms with Gasteiger partial charge in [0.15, 0.2) is 11.6 Å². The number of amides is 1. The number of thioether (sulfide) groups is 1. The lowest BCUT2D eigenvalue weighted by Crippen LogP contribution is -2.13. The molecule has 0 atom stereocenters. The third-order valence-electron chi connectivity index (χ3n) is 4.16. The molecular formula is C22H19N3O2S. The highest BCUT2D eigenvalue weighted by Crippen LogP contribution is 2.25. The van der Waals surface area contributed by atoms with Crippen LogP contribution in [0.25, 0.3) is 0 Å². The van der Waals surface area contributed by atoms with Gasteiger partial charge in [0.1, 0.15) is 0 Å². The van der Waals surface area contributed by atoms with Gasteiger partial charge in [-0.05, 0) is 23.8 Å². The van der Waals surface area contributed by atoms with Crippen molar-refractivity contribution in [3.05, 3.63) is 102 Å². The summed E-state index contributed by atoms with van der Waals surface area (Å²) in [6, 6.07) is 23.7. The lowest BCUT2D eigenvalue weighted by molar-refractivity contribution is 0.0995. The van der Waals surface area contributed by atoms with E-state index >= 15 is 0 Å². The molecule has 4 aromatic rings. The van der Waals surface area contributed by atoms with Crippen molar-refractivity contribution in [2.45, 2.75) is 17.2 Å². The quantitative estimate of drug-likeness (QED) is 0.448. The minimum atomic E-state index is -0.293. The fourth-order valence-electron chi connectivity index (χ4n) is 2.79. The lowest BCUT2D eigenvalue weighted by Gasteiger charge is -2.04. The van der Waals surface area contributed by atoms with Crippen LogP contribution >= 0.6 is 11.8 Å². The van der Waals surface area contributed by atoms with Crippen LogP contribution in [0.2, 0.25) is 0 Å². The number of carbonyl (C=O) groups is 1. The summed E-state index contributed by atoms with van der Waals surface area (Å²) in [6.45, 7) is 0.649. The normalized spacial score (nSPS) is 10.7. The summed E-state index contributed by atoms with van der Waals surface area (Å²) >= 11 is 1.66. The van der Waals surface area contributed by atoms with E-state index in [2.05, 4.69) is 10.4 Å².